The molecule has 2 N–H and O–H groups in total. The molecule has 0 bridgehead atoms. The Morgan fingerprint density at radius 1 is 0.649 bits per heavy atom. The number of aromatic nitrogens is 6. The molecule has 6 rings (SSSR count). The Morgan fingerprint density at radius 2 is 1.22 bits per heavy atom. The molecule has 2 heterocycles. The third kappa shape index (κ3) is 3.71. The summed E-state index contributed by atoms with van der Waals surface area (Å²) in [6.07, 6.45) is 0. The predicted octanol–water partition coefficient (Wildman–Crippen LogP) is 4.34. The number of rotatable bonds is 6. The van der Waals surface area contributed by atoms with E-state index in [1.54, 1.807) is 30.3 Å². The summed E-state index contributed by atoms with van der Waals surface area (Å²) >= 11 is 0. The maximum Gasteiger partial charge on any atom is 0.337 e. The Bertz CT molecular complexity index is 1820. The van der Waals surface area contributed by atoms with E-state index in [0.29, 0.717) is 27.8 Å². The number of hydrogen-bond donors (Lipinski definition) is 2. The highest BCUT2D eigenvalue weighted by Crippen LogP contribution is 2.37. The minimum absolute atomic E-state index is 0.0567. The van der Waals surface area contributed by atoms with Gasteiger partial charge in [-0.3, -0.25) is 0 Å². The summed E-state index contributed by atoms with van der Waals surface area (Å²) in [6.45, 7) is 0. The first-order valence-corrected chi connectivity index (χ1v) is 11.0. The second kappa shape index (κ2) is 8.57. The second-order valence-electron chi connectivity index (χ2n) is 8.03. The molecule has 0 amide bonds. The monoisotopic (exact) mass is 492 g/mol. The number of aromatic carboxylic acids is 2. The van der Waals surface area contributed by atoms with Crippen LogP contribution in [0.25, 0.3) is 33.4 Å². The Kier molecular flexibility index (Phi) is 5.08. The molecule has 0 saturated carbocycles. The van der Waals surface area contributed by atoms with Crippen LogP contribution in [0.1, 0.15) is 20.7 Å². The number of ether oxygens (including phenoxy) is 1. The molecule has 0 atom stereocenters. The molecule has 6 aromatic rings. The van der Waals surface area contributed by atoms with Crippen molar-refractivity contribution in [3.8, 4) is 22.9 Å². The van der Waals surface area contributed by atoms with Gasteiger partial charge in [0.15, 0.2) is 5.75 Å². The standard InChI is InChI=1S/C26H16N6O5/c33-25(34)15-9-11-16(12-10-15)37-22-14-13-17(26(35)36)23(31-20-7-3-1-5-18(20)27-29-31)24(22)32-21-8-4-2-6-19(21)28-30-32/h1-14H,(H,33,34)(H,35,36). The van der Waals surface area contributed by atoms with Gasteiger partial charge in [-0.05, 0) is 60.7 Å². The number of carboxylic acid groups (broad SMARTS) is 2. The number of nitrogens with zero attached hydrogens (tertiary/aromatic N) is 6. The van der Waals surface area contributed by atoms with E-state index in [0.717, 1.165) is 0 Å². The summed E-state index contributed by atoms with van der Waals surface area (Å²) in [5.41, 5.74) is 2.85. The van der Waals surface area contributed by atoms with Gasteiger partial charge in [-0.25, -0.2) is 19.0 Å². The van der Waals surface area contributed by atoms with E-state index in [9.17, 15) is 19.8 Å². The van der Waals surface area contributed by atoms with Crippen LogP contribution in [0.5, 0.6) is 11.5 Å². The first-order valence-electron chi connectivity index (χ1n) is 11.0. The maximum absolute atomic E-state index is 12.4. The van der Waals surface area contributed by atoms with E-state index in [2.05, 4.69) is 20.6 Å². The first kappa shape index (κ1) is 21.9. The average Bonchev–Trinajstić information content (AvgIpc) is 3.53. The molecular weight excluding hydrogens is 476 g/mol. The molecule has 0 aliphatic carbocycles. The topological polar surface area (TPSA) is 145 Å². The minimum Gasteiger partial charge on any atom is -0.478 e. The van der Waals surface area contributed by atoms with Crippen LogP contribution in [0.4, 0.5) is 0 Å². The fraction of sp³-hybridized carbons (Fsp3) is 0. The van der Waals surface area contributed by atoms with Crippen molar-refractivity contribution in [1.82, 2.24) is 30.0 Å². The molecule has 2 aromatic heterocycles. The zero-order valence-corrected chi connectivity index (χ0v) is 18.9. The summed E-state index contributed by atoms with van der Waals surface area (Å²) in [6, 6.07) is 23.2. The zero-order valence-electron chi connectivity index (χ0n) is 18.9. The maximum atomic E-state index is 12.4. The lowest BCUT2D eigenvalue weighted by molar-refractivity contribution is 0.0686. The van der Waals surface area contributed by atoms with Gasteiger partial charge in [0.2, 0.25) is 0 Å². The predicted molar refractivity (Wildman–Crippen MR) is 132 cm³/mol. The highest BCUT2D eigenvalue weighted by Gasteiger charge is 2.26. The number of carbonyl (C=O) groups is 2. The lowest BCUT2D eigenvalue weighted by atomic mass is 10.1. The zero-order chi connectivity index (χ0) is 25.5. The second-order valence-corrected chi connectivity index (χ2v) is 8.03. The first-order chi connectivity index (χ1) is 18.0. The van der Waals surface area contributed by atoms with E-state index in [1.807, 2.05) is 18.2 Å². The fourth-order valence-electron chi connectivity index (χ4n) is 4.10. The quantitative estimate of drug-likeness (QED) is 0.347. The average molecular weight is 492 g/mol. The molecular formula is C26H16N6O5. The lowest BCUT2D eigenvalue weighted by Crippen LogP contribution is -2.13. The van der Waals surface area contributed by atoms with Crippen molar-refractivity contribution in [3.05, 3.63) is 96.1 Å². The van der Waals surface area contributed by atoms with Crippen LogP contribution in [0.3, 0.4) is 0 Å². The van der Waals surface area contributed by atoms with E-state index in [1.165, 1.54) is 45.8 Å². The van der Waals surface area contributed by atoms with Gasteiger partial charge in [0.05, 0.1) is 22.2 Å². The van der Waals surface area contributed by atoms with E-state index in [4.69, 9.17) is 4.74 Å². The summed E-state index contributed by atoms with van der Waals surface area (Å²) in [7, 11) is 0. The molecule has 0 saturated heterocycles. The van der Waals surface area contributed by atoms with Gasteiger partial charge in [0, 0.05) is 0 Å². The van der Waals surface area contributed by atoms with Gasteiger partial charge in [-0.2, -0.15) is 0 Å². The fourth-order valence-corrected chi connectivity index (χ4v) is 4.10. The molecule has 11 heteroatoms. The van der Waals surface area contributed by atoms with Crippen molar-refractivity contribution in [2.45, 2.75) is 0 Å². The largest absolute Gasteiger partial charge is 0.478 e. The summed E-state index contributed by atoms with van der Waals surface area (Å²) in [5, 5.41) is 36.3. The van der Waals surface area contributed by atoms with Crippen LogP contribution < -0.4 is 4.74 Å². The highest BCUT2D eigenvalue weighted by molar-refractivity contribution is 5.96. The SMILES string of the molecule is O=C(O)c1ccc(Oc2ccc(C(=O)O)c(-n3nnc4ccccc43)c2-n2nnc3ccccc32)cc1. The van der Waals surface area contributed by atoms with Crippen LogP contribution >= 0.6 is 0 Å². The molecule has 4 aromatic carbocycles. The van der Waals surface area contributed by atoms with Gasteiger partial charge < -0.3 is 14.9 Å². The van der Waals surface area contributed by atoms with E-state index in [-0.39, 0.29) is 28.3 Å². The third-order valence-electron chi connectivity index (χ3n) is 5.80. The van der Waals surface area contributed by atoms with Crippen molar-refractivity contribution in [2.75, 3.05) is 0 Å². The van der Waals surface area contributed by atoms with Crippen LogP contribution in [0.15, 0.2) is 84.9 Å². The number of para-hydroxylation sites is 2. The van der Waals surface area contributed by atoms with Crippen molar-refractivity contribution >= 4 is 34.0 Å². The van der Waals surface area contributed by atoms with Crippen molar-refractivity contribution in [3.63, 3.8) is 0 Å². The number of hydrogen-bond acceptors (Lipinski definition) is 7. The van der Waals surface area contributed by atoms with Crippen LogP contribution in [-0.2, 0) is 0 Å². The molecule has 180 valence electrons. The minimum atomic E-state index is -1.18. The summed E-state index contributed by atoms with van der Waals surface area (Å²) in [4.78, 5) is 23.7. The highest BCUT2D eigenvalue weighted by atomic mass is 16.5. The number of carboxylic acids is 2. The molecule has 0 fully saturated rings. The summed E-state index contributed by atoms with van der Waals surface area (Å²) < 4.78 is 9.10. The van der Waals surface area contributed by atoms with Crippen molar-refractivity contribution in [1.29, 1.82) is 0 Å². The van der Waals surface area contributed by atoms with Gasteiger partial charge in [0.25, 0.3) is 0 Å². The van der Waals surface area contributed by atoms with Crippen LogP contribution in [0, 0.1) is 0 Å². The third-order valence-corrected chi connectivity index (χ3v) is 5.80. The molecule has 0 aliphatic heterocycles. The van der Waals surface area contributed by atoms with Gasteiger partial charge >= 0.3 is 11.9 Å². The molecule has 0 spiro atoms. The molecule has 11 nitrogen and oxygen atoms in total. The summed E-state index contributed by atoms with van der Waals surface area (Å²) in [5.74, 6) is -1.66. The number of fused-ring (bicyclic) bond motifs is 2. The van der Waals surface area contributed by atoms with E-state index >= 15 is 0 Å². The Balaban J connectivity index is 1.66. The normalized spacial score (nSPS) is 11.1. The Morgan fingerprint density at radius 3 is 1.78 bits per heavy atom. The van der Waals surface area contributed by atoms with Crippen molar-refractivity contribution in [2.24, 2.45) is 0 Å². The molecule has 37 heavy (non-hydrogen) atoms. The lowest BCUT2D eigenvalue weighted by Gasteiger charge is -2.18. The van der Waals surface area contributed by atoms with Crippen LogP contribution in [-0.4, -0.2) is 52.1 Å². The Labute approximate surface area is 207 Å². The van der Waals surface area contributed by atoms with Gasteiger partial charge in [-0.1, -0.05) is 34.7 Å². The smallest absolute Gasteiger partial charge is 0.337 e. The number of benzene rings is 4. The van der Waals surface area contributed by atoms with E-state index < -0.39 is 11.9 Å². The van der Waals surface area contributed by atoms with Gasteiger partial charge in [-0.15, -0.1) is 10.2 Å². The molecule has 0 radical (unpaired) electrons. The van der Waals surface area contributed by atoms with Crippen LogP contribution in [0.2, 0.25) is 0 Å². The molecule has 0 aliphatic rings. The molecule has 0 unspecified atom stereocenters. The Hall–Kier alpha value is -5.58. The van der Waals surface area contributed by atoms with Gasteiger partial charge in [0.1, 0.15) is 28.2 Å². The van der Waals surface area contributed by atoms with Crippen molar-refractivity contribution < 1.29 is 24.5 Å².